The Morgan fingerprint density at radius 3 is 2.54 bits per heavy atom. The van der Waals surface area contributed by atoms with Crippen molar-refractivity contribution < 1.29 is 4.39 Å². The summed E-state index contributed by atoms with van der Waals surface area (Å²) in [4.78, 5) is 16.8. The van der Waals surface area contributed by atoms with Crippen LogP contribution in [-0.2, 0) is 0 Å². The number of anilines is 1. The van der Waals surface area contributed by atoms with Crippen molar-refractivity contribution >= 4 is 28.2 Å². The number of likely N-dealkylation sites (N-methyl/N-ethyl adjacent to an activating group) is 1. The van der Waals surface area contributed by atoms with Gasteiger partial charge in [-0.3, -0.25) is 4.79 Å². The molecule has 1 aliphatic carbocycles. The van der Waals surface area contributed by atoms with Crippen molar-refractivity contribution in [1.29, 1.82) is 0 Å². The monoisotopic (exact) mass is 349 g/mol. The van der Waals surface area contributed by atoms with Crippen LogP contribution in [0.2, 0.25) is 5.02 Å². The fourth-order valence-electron chi connectivity index (χ4n) is 3.53. The van der Waals surface area contributed by atoms with Crippen LogP contribution in [-0.4, -0.2) is 42.2 Å². The van der Waals surface area contributed by atoms with Crippen LogP contribution in [0.4, 0.5) is 10.1 Å². The average Bonchev–Trinajstić information content (AvgIpc) is 3.43. The molecule has 1 aromatic carbocycles. The largest absolute Gasteiger partial charge is 0.367 e. The standard InChI is InChI=1S/C18H21ClFN3O/c1-2-21-5-7-22(8-6-21)17-10-16-13(9-15(17)20)18(24)14(19)11-23(16)12-3-4-12/h9-12H,2-8H2,1H3. The molecule has 4 nitrogen and oxygen atoms in total. The normalized spacial score (nSPS) is 19.2. The Kier molecular flexibility index (Phi) is 4.01. The lowest BCUT2D eigenvalue weighted by Gasteiger charge is -2.35. The molecule has 0 spiro atoms. The molecule has 2 aromatic rings. The number of aromatic nitrogens is 1. The first kappa shape index (κ1) is 15.9. The first-order valence-corrected chi connectivity index (χ1v) is 8.97. The molecule has 0 N–H and O–H groups in total. The second kappa shape index (κ2) is 6.05. The van der Waals surface area contributed by atoms with Crippen molar-refractivity contribution in [3.63, 3.8) is 0 Å². The number of fused-ring (bicyclic) bond motifs is 1. The Labute approximate surface area is 145 Å². The van der Waals surface area contributed by atoms with Crippen molar-refractivity contribution in [2.45, 2.75) is 25.8 Å². The van der Waals surface area contributed by atoms with Gasteiger partial charge in [-0.1, -0.05) is 18.5 Å². The molecule has 0 amide bonds. The summed E-state index contributed by atoms with van der Waals surface area (Å²) in [6.07, 6.45) is 3.87. The third-order valence-corrected chi connectivity index (χ3v) is 5.43. The van der Waals surface area contributed by atoms with Crippen molar-refractivity contribution in [3.05, 3.63) is 39.4 Å². The van der Waals surface area contributed by atoms with Gasteiger partial charge in [0.25, 0.3) is 0 Å². The van der Waals surface area contributed by atoms with E-state index in [4.69, 9.17) is 11.6 Å². The van der Waals surface area contributed by atoms with Gasteiger partial charge < -0.3 is 14.4 Å². The molecule has 2 heterocycles. The van der Waals surface area contributed by atoms with Gasteiger partial charge in [-0.2, -0.15) is 0 Å². The molecule has 0 bridgehead atoms. The SMILES string of the molecule is CCN1CCN(c2cc3c(cc2F)c(=O)c(Cl)cn3C2CC2)CC1. The van der Waals surface area contributed by atoms with Crippen LogP contribution < -0.4 is 10.3 Å². The molecule has 24 heavy (non-hydrogen) atoms. The molecule has 2 aliphatic rings. The number of halogens is 2. The number of hydrogen-bond donors (Lipinski definition) is 0. The quantitative estimate of drug-likeness (QED) is 0.851. The van der Waals surface area contributed by atoms with Crippen LogP contribution in [0.1, 0.15) is 25.8 Å². The minimum Gasteiger partial charge on any atom is -0.367 e. The molecule has 6 heteroatoms. The maximum atomic E-state index is 14.7. The highest BCUT2D eigenvalue weighted by Crippen LogP contribution is 2.38. The number of benzene rings is 1. The molecule has 1 aliphatic heterocycles. The Hall–Kier alpha value is -1.59. The molecule has 2 fully saturated rings. The van der Waals surface area contributed by atoms with Crippen LogP contribution in [0.3, 0.4) is 0 Å². The van der Waals surface area contributed by atoms with Crippen LogP contribution in [0.25, 0.3) is 10.9 Å². The van der Waals surface area contributed by atoms with Gasteiger partial charge in [0, 0.05) is 38.4 Å². The lowest BCUT2D eigenvalue weighted by molar-refractivity contribution is 0.270. The van der Waals surface area contributed by atoms with Crippen LogP contribution in [0.5, 0.6) is 0 Å². The van der Waals surface area contributed by atoms with Gasteiger partial charge in [-0.15, -0.1) is 0 Å². The number of hydrogen-bond acceptors (Lipinski definition) is 3. The van der Waals surface area contributed by atoms with E-state index in [1.807, 2.05) is 10.6 Å². The molecular weight excluding hydrogens is 329 g/mol. The predicted octanol–water partition coefficient (Wildman–Crippen LogP) is 3.27. The first-order valence-electron chi connectivity index (χ1n) is 8.59. The van der Waals surface area contributed by atoms with Crippen LogP contribution in [0.15, 0.2) is 23.1 Å². The summed E-state index contributed by atoms with van der Waals surface area (Å²) in [5.74, 6) is -0.339. The maximum Gasteiger partial charge on any atom is 0.208 e. The van der Waals surface area contributed by atoms with Crippen molar-refractivity contribution in [3.8, 4) is 0 Å². The third kappa shape index (κ3) is 2.70. The Morgan fingerprint density at radius 2 is 1.92 bits per heavy atom. The second-order valence-corrected chi connectivity index (χ2v) is 7.09. The molecule has 1 aromatic heterocycles. The van der Waals surface area contributed by atoms with E-state index in [9.17, 15) is 9.18 Å². The summed E-state index contributed by atoms with van der Waals surface area (Å²) in [7, 11) is 0. The molecule has 1 saturated heterocycles. The van der Waals surface area contributed by atoms with E-state index < -0.39 is 0 Å². The minimum absolute atomic E-state index is 0.165. The average molecular weight is 350 g/mol. The van der Waals surface area contributed by atoms with E-state index in [2.05, 4.69) is 16.7 Å². The lowest BCUT2D eigenvalue weighted by Crippen LogP contribution is -2.46. The van der Waals surface area contributed by atoms with Gasteiger partial charge in [-0.25, -0.2) is 4.39 Å². The topological polar surface area (TPSA) is 28.5 Å². The number of pyridine rings is 1. The lowest BCUT2D eigenvalue weighted by atomic mass is 10.1. The summed E-state index contributed by atoms with van der Waals surface area (Å²) < 4.78 is 16.7. The highest BCUT2D eigenvalue weighted by molar-refractivity contribution is 6.31. The zero-order valence-corrected chi connectivity index (χ0v) is 14.5. The summed E-state index contributed by atoms with van der Waals surface area (Å²) in [5, 5.41) is 0.543. The van der Waals surface area contributed by atoms with E-state index >= 15 is 0 Å². The Bertz CT molecular complexity index is 838. The van der Waals surface area contributed by atoms with Gasteiger partial charge in [0.15, 0.2) is 0 Å². The predicted molar refractivity (Wildman–Crippen MR) is 95.8 cm³/mol. The summed E-state index contributed by atoms with van der Waals surface area (Å²) in [5.41, 5.74) is 1.10. The van der Waals surface area contributed by atoms with E-state index in [1.165, 1.54) is 6.07 Å². The van der Waals surface area contributed by atoms with Gasteiger partial charge in [0.1, 0.15) is 10.8 Å². The highest BCUT2D eigenvalue weighted by atomic mass is 35.5. The molecule has 4 rings (SSSR count). The Balaban J connectivity index is 1.80. The molecule has 0 radical (unpaired) electrons. The fourth-order valence-corrected chi connectivity index (χ4v) is 3.73. The zero-order valence-electron chi connectivity index (χ0n) is 13.8. The summed E-state index contributed by atoms with van der Waals surface area (Å²) in [6.45, 7) is 6.64. The molecule has 128 valence electrons. The summed E-state index contributed by atoms with van der Waals surface area (Å²) >= 11 is 6.07. The van der Waals surface area contributed by atoms with Gasteiger partial charge in [0.2, 0.25) is 5.43 Å². The molecule has 0 atom stereocenters. The Morgan fingerprint density at radius 1 is 1.21 bits per heavy atom. The molecular formula is C18H21ClFN3O. The molecule has 0 unspecified atom stereocenters. The van der Waals surface area contributed by atoms with Crippen molar-refractivity contribution in [2.24, 2.45) is 0 Å². The van der Waals surface area contributed by atoms with E-state index in [-0.39, 0.29) is 16.3 Å². The summed E-state index contributed by atoms with van der Waals surface area (Å²) in [6, 6.07) is 3.58. The minimum atomic E-state index is -0.339. The van der Waals surface area contributed by atoms with Crippen molar-refractivity contribution in [2.75, 3.05) is 37.6 Å². The van der Waals surface area contributed by atoms with Crippen LogP contribution in [0, 0.1) is 5.82 Å². The van der Waals surface area contributed by atoms with Gasteiger partial charge in [-0.05, 0) is 31.5 Å². The van der Waals surface area contributed by atoms with Gasteiger partial charge >= 0.3 is 0 Å². The zero-order chi connectivity index (χ0) is 16.8. The number of piperazine rings is 1. The maximum absolute atomic E-state index is 14.7. The smallest absolute Gasteiger partial charge is 0.208 e. The van der Waals surface area contributed by atoms with E-state index in [1.54, 1.807) is 6.20 Å². The third-order valence-electron chi connectivity index (χ3n) is 5.16. The number of rotatable bonds is 3. The van der Waals surface area contributed by atoms with E-state index in [0.717, 1.165) is 51.1 Å². The van der Waals surface area contributed by atoms with Gasteiger partial charge in [0.05, 0.1) is 16.6 Å². The first-order chi connectivity index (χ1) is 11.6. The highest BCUT2D eigenvalue weighted by Gasteiger charge is 2.27. The molecule has 1 saturated carbocycles. The van der Waals surface area contributed by atoms with Crippen LogP contribution >= 0.6 is 11.6 Å². The number of nitrogens with zero attached hydrogens (tertiary/aromatic N) is 3. The second-order valence-electron chi connectivity index (χ2n) is 6.69. The van der Waals surface area contributed by atoms with Crippen molar-refractivity contribution in [1.82, 2.24) is 9.47 Å². The van der Waals surface area contributed by atoms with E-state index in [0.29, 0.717) is 17.1 Å². The fraction of sp³-hybridized carbons (Fsp3) is 0.500.